The Hall–Kier alpha value is -1.92. The molecule has 106 valence electrons. The summed E-state index contributed by atoms with van der Waals surface area (Å²) < 4.78 is 16.2. The molecule has 3 rings (SSSR count). The summed E-state index contributed by atoms with van der Waals surface area (Å²) in [5.74, 6) is 1.92. The van der Waals surface area contributed by atoms with E-state index in [9.17, 15) is 0 Å². The van der Waals surface area contributed by atoms with Crippen LogP contribution in [-0.2, 0) is 4.74 Å². The van der Waals surface area contributed by atoms with Gasteiger partial charge in [0.05, 0.1) is 19.8 Å². The van der Waals surface area contributed by atoms with Crippen molar-refractivity contribution in [2.45, 2.75) is 13.0 Å². The van der Waals surface area contributed by atoms with Crippen molar-refractivity contribution in [3.63, 3.8) is 0 Å². The summed E-state index contributed by atoms with van der Waals surface area (Å²) in [6, 6.07) is 7.63. The average molecular weight is 275 g/mol. The van der Waals surface area contributed by atoms with Crippen LogP contribution < -0.4 is 10.1 Å². The van der Waals surface area contributed by atoms with Gasteiger partial charge >= 0.3 is 0 Å². The highest BCUT2D eigenvalue weighted by Gasteiger charge is 2.22. The van der Waals surface area contributed by atoms with Crippen LogP contribution in [0, 0.1) is 0 Å². The van der Waals surface area contributed by atoms with Crippen molar-refractivity contribution in [3.8, 4) is 17.1 Å². The summed E-state index contributed by atoms with van der Waals surface area (Å²) in [5.41, 5.74) is 0.877. The van der Waals surface area contributed by atoms with Gasteiger partial charge in [0.1, 0.15) is 11.8 Å². The van der Waals surface area contributed by atoms with Crippen molar-refractivity contribution < 1.29 is 14.0 Å². The molecule has 2 heterocycles. The van der Waals surface area contributed by atoms with E-state index in [2.05, 4.69) is 15.5 Å². The monoisotopic (exact) mass is 275 g/mol. The first-order valence-corrected chi connectivity index (χ1v) is 6.75. The van der Waals surface area contributed by atoms with Crippen LogP contribution >= 0.6 is 0 Å². The minimum atomic E-state index is -0.0277. The van der Waals surface area contributed by atoms with Crippen LogP contribution in [0.4, 0.5) is 0 Å². The summed E-state index contributed by atoms with van der Waals surface area (Å²) in [7, 11) is 0. The van der Waals surface area contributed by atoms with E-state index in [1.807, 2.05) is 31.2 Å². The molecule has 0 spiro atoms. The number of hydrogen-bond donors (Lipinski definition) is 1. The summed E-state index contributed by atoms with van der Waals surface area (Å²) in [6.07, 6.45) is 0. The lowest BCUT2D eigenvalue weighted by atomic mass is 10.2. The van der Waals surface area contributed by atoms with Crippen LogP contribution in [-0.4, -0.2) is 36.5 Å². The highest BCUT2D eigenvalue weighted by atomic mass is 16.5. The third-order valence-corrected chi connectivity index (χ3v) is 3.06. The van der Waals surface area contributed by atoms with E-state index < -0.39 is 0 Å². The molecule has 1 aliphatic heterocycles. The number of nitrogens with zero attached hydrogens (tertiary/aromatic N) is 2. The van der Waals surface area contributed by atoms with Gasteiger partial charge in [-0.15, -0.1) is 0 Å². The number of morpholine rings is 1. The molecule has 6 nitrogen and oxygen atoms in total. The Morgan fingerprint density at radius 3 is 3.20 bits per heavy atom. The van der Waals surface area contributed by atoms with Crippen LogP contribution in [0.3, 0.4) is 0 Å². The Morgan fingerprint density at radius 2 is 2.40 bits per heavy atom. The molecular weight excluding hydrogens is 258 g/mol. The summed E-state index contributed by atoms with van der Waals surface area (Å²) in [5, 5.41) is 7.31. The first kappa shape index (κ1) is 13.1. The van der Waals surface area contributed by atoms with Crippen LogP contribution in [0.5, 0.6) is 5.75 Å². The summed E-state index contributed by atoms with van der Waals surface area (Å²) in [4.78, 5) is 4.43. The second kappa shape index (κ2) is 6.02. The summed E-state index contributed by atoms with van der Waals surface area (Å²) >= 11 is 0. The predicted molar refractivity (Wildman–Crippen MR) is 72.5 cm³/mol. The molecule has 1 atom stereocenters. The summed E-state index contributed by atoms with van der Waals surface area (Å²) in [6.45, 7) is 4.65. The molecule has 0 amide bonds. The Balaban J connectivity index is 1.80. The number of ether oxygens (including phenoxy) is 2. The Bertz CT molecular complexity index is 564. The van der Waals surface area contributed by atoms with Gasteiger partial charge in [-0.1, -0.05) is 17.3 Å². The zero-order chi connectivity index (χ0) is 13.8. The Kier molecular flexibility index (Phi) is 3.94. The number of aromatic nitrogens is 2. The molecule has 0 saturated carbocycles. The Morgan fingerprint density at radius 1 is 1.45 bits per heavy atom. The molecule has 1 fully saturated rings. The number of hydrogen-bond acceptors (Lipinski definition) is 6. The third kappa shape index (κ3) is 2.81. The van der Waals surface area contributed by atoms with Gasteiger partial charge in [0.25, 0.3) is 0 Å². The zero-order valence-electron chi connectivity index (χ0n) is 11.3. The van der Waals surface area contributed by atoms with Crippen LogP contribution in [0.1, 0.15) is 18.9 Å². The van der Waals surface area contributed by atoms with Crippen LogP contribution in [0.2, 0.25) is 0 Å². The maximum atomic E-state index is 5.47. The average Bonchev–Trinajstić information content (AvgIpc) is 2.99. The van der Waals surface area contributed by atoms with E-state index in [-0.39, 0.29) is 6.04 Å². The topological polar surface area (TPSA) is 69.4 Å². The fraction of sp³-hybridized carbons (Fsp3) is 0.429. The van der Waals surface area contributed by atoms with E-state index >= 15 is 0 Å². The number of nitrogens with one attached hydrogen (secondary N) is 1. The standard InChI is InChI=1S/C14H17N3O3/c1-2-19-11-5-3-4-10(8-11)13-16-14(20-17-13)12-9-18-7-6-15-12/h3-5,8,12,15H,2,6-7,9H2,1H3. The largest absolute Gasteiger partial charge is 0.494 e. The van der Waals surface area contributed by atoms with E-state index in [0.717, 1.165) is 17.9 Å². The molecule has 1 unspecified atom stereocenters. The second-order valence-electron chi connectivity index (χ2n) is 4.50. The minimum absolute atomic E-state index is 0.0277. The smallest absolute Gasteiger partial charge is 0.246 e. The zero-order valence-corrected chi connectivity index (χ0v) is 11.3. The fourth-order valence-electron chi connectivity index (χ4n) is 2.11. The molecule has 6 heteroatoms. The number of benzene rings is 1. The van der Waals surface area contributed by atoms with Gasteiger partial charge in [-0.2, -0.15) is 4.98 Å². The van der Waals surface area contributed by atoms with Gasteiger partial charge in [-0.05, 0) is 19.1 Å². The molecule has 20 heavy (non-hydrogen) atoms. The molecular formula is C14H17N3O3. The van der Waals surface area contributed by atoms with Crippen molar-refractivity contribution in [3.05, 3.63) is 30.2 Å². The maximum Gasteiger partial charge on any atom is 0.246 e. The first-order chi connectivity index (χ1) is 9.86. The molecule has 1 aliphatic rings. The van der Waals surface area contributed by atoms with Crippen molar-refractivity contribution >= 4 is 0 Å². The maximum absolute atomic E-state index is 5.47. The van der Waals surface area contributed by atoms with Gasteiger partial charge in [0, 0.05) is 12.1 Å². The molecule has 0 aliphatic carbocycles. The van der Waals surface area contributed by atoms with E-state index in [0.29, 0.717) is 31.5 Å². The molecule has 0 bridgehead atoms. The normalized spacial score (nSPS) is 18.9. The van der Waals surface area contributed by atoms with Gasteiger partial charge in [0.15, 0.2) is 0 Å². The first-order valence-electron chi connectivity index (χ1n) is 6.75. The SMILES string of the molecule is CCOc1cccc(-c2noc(C3COCCN3)n2)c1. The van der Waals surface area contributed by atoms with E-state index in [1.165, 1.54) is 0 Å². The quantitative estimate of drug-likeness (QED) is 0.917. The Labute approximate surface area is 117 Å². The molecule has 0 radical (unpaired) electrons. The third-order valence-electron chi connectivity index (χ3n) is 3.06. The second-order valence-corrected chi connectivity index (χ2v) is 4.50. The van der Waals surface area contributed by atoms with Gasteiger partial charge in [-0.3, -0.25) is 0 Å². The fourth-order valence-corrected chi connectivity index (χ4v) is 2.11. The lowest BCUT2D eigenvalue weighted by Crippen LogP contribution is -2.34. The highest BCUT2D eigenvalue weighted by Crippen LogP contribution is 2.23. The molecule has 1 saturated heterocycles. The predicted octanol–water partition coefficient (Wildman–Crippen LogP) is 1.80. The van der Waals surface area contributed by atoms with Gasteiger partial charge in [0.2, 0.25) is 11.7 Å². The minimum Gasteiger partial charge on any atom is -0.494 e. The van der Waals surface area contributed by atoms with Crippen molar-refractivity contribution in [1.29, 1.82) is 0 Å². The lowest BCUT2D eigenvalue weighted by molar-refractivity contribution is 0.0659. The van der Waals surface area contributed by atoms with Gasteiger partial charge in [-0.25, -0.2) is 0 Å². The molecule has 1 N–H and O–H groups in total. The number of rotatable bonds is 4. The van der Waals surface area contributed by atoms with Crippen molar-refractivity contribution in [1.82, 2.24) is 15.5 Å². The van der Waals surface area contributed by atoms with E-state index in [1.54, 1.807) is 0 Å². The van der Waals surface area contributed by atoms with Gasteiger partial charge < -0.3 is 19.3 Å². The van der Waals surface area contributed by atoms with Crippen LogP contribution in [0.25, 0.3) is 11.4 Å². The lowest BCUT2D eigenvalue weighted by Gasteiger charge is -2.20. The molecule has 2 aromatic rings. The molecule has 1 aromatic heterocycles. The van der Waals surface area contributed by atoms with Crippen LogP contribution in [0.15, 0.2) is 28.8 Å². The highest BCUT2D eigenvalue weighted by molar-refractivity contribution is 5.56. The van der Waals surface area contributed by atoms with Crippen molar-refractivity contribution in [2.75, 3.05) is 26.4 Å². The van der Waals surface area contributed by atoms with Crippen molar-refractivity contribution in [2.24, 2.45) is 0 Å². The molecule has 1 aromatic carbocycles. The van der Waals surface area contributed by atoms with E-state index in [4.69, 9.17) is 14.0 Å².